The van der Waals surface area contributed by atoms with Crippen molar-refractivity contribution >= 4 is 27.3 Å². The van der Waals surface area contributed by atoms with Gasteiger partial charge in [0.05, 0.1) is 9.82 Å². The Morgan fingerprint density at radius 2 is 1.88 bits per heavy atom. The minimum Gasteiger partial charge on any atom is -0.258 e. The van der Waals surface area contributed by atoms with Crippen LogP contribution in [0.15, 0.2) is 17.0 Å². The Labute approximate surface area is 104 Å². The zero-order valence-corrected chi connectivity index (χ0v) is 11.0. The molecule has 0 atom stereocenters. The van der Waals surface area contributed by atoms with Gasteiger partial charge in [-0.05, 0) is 18.6 Å². The molecule has 1 aromatic rings. The second kappa shape index (κ2) is 4.59. The molecule has 0 aliphatic heterocycles. The highest BCUT2D eigenvalue weighted by Crippen LogP contribution is 2.30. The van der Waals surface area contributed by atoms with Crippen LogP contribution in [0, 0.1) is 17.0 Å². The summed E-state index contributed by atoms with van der Waals surface area (Å²) in [5.74, 6) is 0. The maximum atomic E-state index is 11.9. The van der Waals surface area contributed by atoms with Crippen LogP contribution in [-0.4, -0.2) is 31.7 Å². The van der Waals surface area contributed by atoms with Crippen molar-refractivity contribution in [3.05, 3.63) is 32.8 Å². The molecule has 0 bridgehead atoms. The molecular weight excluding hydrogens is 268 g/mol. The van der Waals surface area contributed by atoms with E-state index in [9.17, 15) is 18.5 Å². The van der Waals surface area contributed by atoms with E-state index < -0.39 is 20.6 Å². The molecule has 6 nitrogen and oxygen atoms in total. The van der Waals surface area contributed by atoms with Gasteiger partial charge in [-0.2, -0.15) is 0 Å². The van der Waals surface area contributed by atoms with Gasteiger partial charge in [0, 0.05) is 20.2 Å². The van der Waals surface area contributed by atoms with Crippen LogP contribution in [0.25, 0.3) is 0 Å². The average molecular weight is 279 g/mol. The molecule has 94 valence electrons. The number of nitro benzene ring substituents is 1. The molecule has 8 heteroatoms. The van der Waals surface area contributed by atoms with Crippen molar-refractivity contribution < 1.29 is 13.3 Å². The van der Waals surface area contributed by atoms with Crippen molar-refractivity contribution in [1.29, 1.82) is 0 Å². The lowest BCUT2D eigenvalue weighted by molar-refractivity contribution is -0.384. The van der Waals surface area contributed by atoms with Crippen LogP contribution in [0.1, 0.15) is 5.56 Å². The lowest BCUT2D eigenvalue weighted by Crippen LogP contribution is -2.23. The van der Waals surface area contributed by atoms with Crippen molar-refractivity contribution in [2.45, 2.75) is 11.8 Å². The fraction of sp³-hybridized carbons (Fsp3) is 0.333. The largest absolute Gasteiger partial charge is 0.289 e. The molecule has 0 N–H and O–H groups in total. The number of benzene rings is 1. The summed E-state index contributed by atoms with van der Waals surface area (Å²) in [7, 11) is -0.997. The van der Waals surface area contributed by atoms with Gasteiger partial charge in [-0.25, -0.2) is 12.7 Å². The molecule has 0 radical (unpaired) electrons. The van der Waals surface area contributed by atoms with Crippen LogP contribution in [0.3, 0.4) is 0 Å². The van der Waals surface area contributed by atoms with Crippen LogP contribution < -0.4 is 0 Å². The van der Waals surface area contributed by atoms with Crippen LogP contribution in [0.2, 0.25) is 5.02 Å². The molecule has 1 aromatic carbocycles. The molecule has 0 amide bonds. The average Bonchev–Trinajstić information content (AvgIpc) is 2.15. The predicted octanol–water partition coefficient (Wildman–Crippen LogP) is 1.81. The molecule has 0 spiro atoms. The second-order valence-corrected chi connectivity index (χ2v) is 6.14. The first-order valence-electron chi connectivity index (χ1n) is 4.55. The maximum Gasteiger partial charge on any atom is 0.289 e. The first-order chi connectivity index (χ1) is 7.67. The molecule has 0 saturated heterocycles. The highest BCUT2D eigenvalue weighted by atomic mass is 35.5. The second-order valence-electron chi connectivity index (χ2n) is 3.61. The van der Waals surface area contributed by atoms with E-state index >= 15 is 0 Å². The fourth-order valence-corrected chi connectivity index (χ4v) is 2.66. The van der Waals surface area contributed by atoms with Gasteiger partial charge in [-0.3, -0.25) is 10.1 Å². The van der Waals surface area contributed by atoms with E-state index in [1.165, 1.54) is 27.1 Å². The monoisotopic (exact) mass is 278 g/mol. The standard InChI is InChI=1S/C9H11ClN2O4S/c1-6-4-7(10)8(12(13)14)5-9(6)17(15,16)11(2)3/h4-5H,1-3H3. The third-order valence-corrected chi connectivity index (χ3v) is 4.46. The van der Waals surface area contributed by atoms with E-state index in [1.54, 1.807) is 0 Å². The van der Waals surface area contributed by atoms with Gasteiger partial charge < -0.3 is 0 Å². The van der Waals surface area contributed by atoms with E-state index in [1.807, 2.05) is 0 Å². The number of hydrogen-bond donors (Lipinski definition) is 0. The fourth-order valence-electron chi connectivity index (χ4n) is 1.26. The summed E-state index contributed by atoms with van der Waals surface area (Å²) in [5, 5.41) is 10.6. The van der Waals surface area contributed by atoms with E-state index in [0.29, 0.717) is 5.56 Å². The summed E-state index contributed by atoms with van der Waals surface area (Å²) < 4.78 is 24.8. The molecule has 1 rings (SSSR count). The van der Waals surface area contributed by atoms with Crippen molar-refractivity contribution in [2.75, 3.05) is 14.1 Å². The van der Waals surface area contributed by atoms with Crippen molar-refractivity contribution in [3.8, 4) is 0 Å². The van der Waals surface area contributed by atoms with E-state index in [4.69, 9.17) is 11.6 Å². The Morgan fingerprint density at radius 3 is 2.29 bits per heavy atom. The van der Waals surface area contributed by atoms with Gasteiger partial charge >= 0.3 is 0 Å². The molecule has 17 heavy (non-hydrogen) atoms. The van der Waals surface area contributed by atoms with Gasteiger partial charge in [-0.15, -0.1) is 0 Å². The summed E-state index contributed by atoms with van der Waals surface area (Å²) in [6, 6.07) is 2.25. The van der Waals surface area contributed by atoms with Gasteiger partial charge in [0.15, 0.2) is 0 Å². The van der Waals surface area contributed by atoms with Crippen LogP contribution in [0.5, 0.6) is 0 Å². The first kappa shape index (κ1) is 13.9. The summed E-state index contributed by atoms with van der Waals surface area (Å²) in [5.41, 5.74) is -0.0491. The van der Waals surface area contributed by atoms with Crippen molar-refractivity contribution in [1.82, 2.24) is 4.31 Å². The predicted molar refractivity (Wildman–Crippen MR) is 63.7 cm³/mol. The Bertz CT molecular complexity index is 569. The molecule has 0 aliphatic carbocycles. The van der Waals surface area contributed by atoms with Gasteiger partial charge in [0.25, 0.3) is 5.69 Å². The van der Waals surface area contributed by atoms with Crippen molar-refractivity contribution in [3.63, 3.8) is 0 Å². The summed E-state index contributed by atoms with van der Waals surface area (Å²) in [4.78, 5) is 9.87. The first-order valence-corrected chi connectivity index (χ1v) is 6.36. The van der Waals surface area contributed by atoms with Crippen LogP contribution in [-0.2, 0) is 10.0 Å². The molecular formula is C9H11ClN2O4S. The highest BCUT2D eigenvalue weighted by Gasteiger charge is 2.24. The Hall–Kier alpha value is -1.18. The van der Waals surface area contributed by atoms with Crippen molar-refractivity contribution in [2.24, 2.45) is 0 Å². The molecule has 0 aliphatic rings. The summed E-state index contributed by atoms with van der Waals surface area (Å²) in [6.07, 6.45) is 0. The Morgan fingerprint density at radius 1 is 1.35 bits per heavy atom. The summed E-state index contributed by atoms with van der Waals surface area (Å²) in [6.45, 7) is 1.53. The number of sulfonamides is 1. The SMILES string of the molecule is Cc1cc(Cl)c([N+](=O)[O-])cc1S(=O)(=O)N(C)C. The highest BCUT2D eigenvalue weighted by molar-refractivity contribution is 7.89. The Balaban J connectivity index is 3.57. The smallest absolute Gasteiger partial charge is 0.258 e. The quantitative estimate of drug-likeness (QED) is 0.624. The van der Waals surface area contributed by atoms with Crippen LogP contribution >= 0.6 is 11.6 Å². The number of aryl methyl sites for hydroxylation is 1. The number of hydrogen-bond acceptors (Lipinski definition) is 4. The molecule has 0 saturated carbocycles. The van der Waals surface area contributed by atoms with Gasteiger partial charge in [-0.1, -0.05) is 11.6 Å². The zero-order chi connectivity index (χ0) is 13.4. The maximum absolute atomic E-state index is 11.9. The van der Waals surface area contributed by atoms with E-state index in [2.05, 4.69) is 0 Å². The molecule has 0 aromatic heterocycles. The third kappa shape index (κ3) is 2.56. The summed E-state index contributed by atoms with van der Waals surface area (Å²) >= 11 is 5.68. The van der Waals surface area contributed by atoms with E-state index in [-0.39, 0.29) is 9.92 Å². The normalized spacial score (nSPS) is 11.8. The Kier molecular flexibility index (Phi) is 3.75. The van der Waals surface area contributed by atoms with Gasteiger partial charge in [0.1, 0.15) is 5.02 Å². The minimum atomic E-state index is -3.71. The molecule has 0 fully saturated rings. The number of nitrogens with zero attached hydrogens (tertiary/aromatic N) is 2. The van der Waals surface area contributed by atoms with Gasteiger partial charge in [0.2, 0.25) is 10.0 Å². The molecule has 0 unspecified atom stereocenters. The lowest BCUT2D eigenvalue weighted by Gasteiger charge is -2.13. The topological polar surface area (TPSA) is 80.5 Å². The zero-order valence-electron chi connectivity index (χ0n) is 9.47. The number of halogens is 1. The third-order valence-electron chi connectivity index (χ3n) is 2.20. The van der Waals surface area contributed by atoms with E-state index in [0.717, 1.165) is 10.4 Å². The molecule has 0 heterocycles. The number of rotatable bonds is 3. The number of nitro groups is 1. The lowest BCUT2D eigenvalue weighted by atomic mass is 10.2. The van der Waals surface area contributed by atoms with Crippen LogP contribution in [0.4, 0.5) is 5.69 Å². The minimum absolute atomic E-state index is 0.0785.